The second-order valence-corrected chi connectivity index (χ2v) is 6.36. The second kappa shape index (κ2) is 7.48. The van der Waals surface area contributed by atoms with Crippen LogP contribution < -0.4 is 16.2 Å². The predicted octanol–water partition coefficient (Wildman–Crippen LogP) is 1.36. The molecule has 0 aromatic carbocycles. The van der Waals surface area contributed by atoms with E-state index in [4.69, 9.17) is 0 Å². The van der Waals surface area contributed by atoms with E-state index in [0.29, 0.717) is 18.1 Å². The number of aromatic nitrogens is 4. The molecule has 0 atom stereocenters. The highest BCUT2D eigenvalue weighted by Crippen LogP contribution is 2.15. The molecular formula is C16H18N6O3S. The zero-order chi connectivity index (χ0) is 18.7. The van der Waals surface area contributed by atoms with Gasteiger partial charge in [-0.2, -0.15) is 5.10 Å². The fraction of sp³-hybridized carbons (Fsp3) is 0.312. The van der Waals surface area contributed by atoms with E-state index in [1.807, 2.05) is 13.8 Å². The van der Waals surface area contributed by atoms with Crippen molar-refractivity contribution in [1.29, 1.82) is 0 Å². The molecule has 136 valence electrons. The molecular weight excluding hydrogens is 356 g/mol. The minimum absolute atomic E-state index is 0.106. The van der Waals surface area contributed by atoms with Crippen LogP contribution in [0.4, 0.5) is 5.69 Å². The Labute approximate surface area is 152 Å². The standard InChI is InChI=1S/C16H18N6O3S/c1-3-5-17-14(24)12-11(9-21(4-2)20-12)19-13(23)10-8-18-16-22(15(10)25)6-7-26-16/h6-9H,3-5H2,1-2H3,(H,17,24)(H,19,23). The molecule has 3 aromatic heterocycles. The van der Waals surface area contributed by atoms with Gasteiger partial charge in [0, 0.05) is 37.1 Å². The van der Waals surface area contributed by atoms with Crippen LogP contribution in [0.15, 0.2) is 28.8 Å². The minimum Gasteiger partial charge on any atom is -0.351 e. The third kappa shape index (κ3) is 3.36. The quantitative estimate of drug-likeness (QED) is 0.677. The summed E-state index contributed by atoms with van der Waals surface area (Å²) in [5.74, 6) is -1.01. The van der Waals surface area contributed by atoms with Crippen molar-refractivity contribution in [1.82, 2.24) is 24.5 Å². The van der Waals surface area contributed by atoms with E-state index in [2.05, 4.69) is 20.7 Å². The lowest BCUT2D eigenvalue weighted by molar-refractivity contribution is 0.0948. The molecule has 0 aliphatic rings. The number of carbonyl (C=O) groups is 2. The van der Waals surface area contributed by atoms with Crippen molar-refractivity contribution in [3.63, 3.8) is 0 Å². The van der Waals surface area contributed by atoms with Gasteiger partial charge in [0.2, 0.25) is 0 Å². The van der Waals surface area contributed by atoms with Crippen molar-refractivity contribution in [3.8, 4) is 0 Å². The Hall–Kier alpha value is -3.01. The molecule has 3 heterocycles. The molecule has 0 saturated carbocycles. The Kier molecular flexibility index (Phi) is 5.12. The molecule has 3 rings (SSSR count). The Morgan fingerprint density at radius 3 is 2.81 bits per heavy atom. The van der Waals surface area contributed by atoms with E-state index < -0.39 is 11.5 Å². The molecule has 2 amide bonds. The van der Waals surface area contributed by atoms with Crippen molar-refractivity contribution in [2.24, 2.45) is 0 Å². The number of carbonyl (C=O) groups excluding carboxylic acids is 2. The molecule has 9 nitrogen and oxygen atoms in total. The largest absolute Gasteiger partial charge is 0.351 e. The van der Waals surface area contributed by atoms with Gasteiger partial charge in [-0.15, -0.1) is 11.3 Å². The maximum Gasteiger partial charge on any atom is 0.273 e. The first kappa shape index (κ1) is 17.8. The molecule has 0 spiro atoms. The van der Waals surface area contributed by atoms with Crippen molar-refractivity contribution >= 4 is 33.8 Å². The van der Waals surface area contributed by atoms with Gasteiger partial charge in [0.25, 0.3) is 17.4 Å². The minimum atomic E-state index is -0.636. The first-order valence-corrected chi connectivity index (χ1v) is 9.05. The first-order valence-electron chi connectivity index (χ1n) is 8.17. The Bertz CT molecular complexity index is 1020. The van der Waals surface area contributed by atoms with Crippen molar-refractivity contribution < 1.29 is 9.59 Å². The highest BCUT2D eigenvalue weighted by molar-refractivity contribution is 7.15. The summed E-state index contributed by atoms with van der Waals surface area (Å²) in [6.07, 6.45) is 5.15. The summed E-state index contributed by atoms with van der Waals surface area (Å²) in [4.78, 5) is 41.8. The molecule has 2 N–H and O–H groups in total. The van der Waals surface area contributed by atoms with E-state index in [-0.39, 0.29) is 22.9 Å². The monoisotopic (exact) mass is 374 g/mol. The number of thiazole rings is 1. The van der Waals surface area contributed by atoms with E-state index in [9.17, 15) is 14.4 Å². The molecule has 0 aliphatic carbocycles. The van der Waals surface area contributed by atoms with Crippen molar-refractivity contribution in [3.05, 3.63) is 45.6 Å². The Balaban J connectivity index is 1.90. The van der Waals surface area contributed by atoms with Gasteiger partial charge in [0.05, 0.1) is 5.69 Å². The fourth-order valence-corrected chi connectivity index (χ4v) is 3.01. The third-order valence-corrected chi connectivity index (χ3v) is 4.44. The second-order valence-electron chi connectivity index (χ2n) is 5.49. The van der Waals surface area contributed by atoms with Crippen LogP contribution in [0.2, 0.25) is 0 Å². The lowest BCUT2D eigenvalue weighted by Crippen LogP contribution is -2.28. The van der Waals surface area contributed by atoms with Crippen LogP contribution in [-0.4, -0.2) is 37.5 Å². The van der Waals surface area contributed by atoms with Gasteiger partial charge < -0.3 is 10.6 Å². The molecule has 10 heteroatoms. The van der Waals surface area contributed by atoms with Crippen LogP contribution in [0.1, 0.15) is 41.1 Å². The van der Waals surface area contributed by atoms with Gasteiger partial charge in [-0.05, 0) is 13.3 Å². The van der Waals surface area contributed by atoms with Gasteiger partial charge >= 0.3 is 0 Å². The number of aryl methyl sites for hydroxylation is 1. The number of fused-ring (bicyclic) bond motifs is 1. The summed E-state index contributed by atoms with van der Waals surface area (Å²) in [6.45, 7) is 4.85. The summed E-state index contributed by atoms with van der Waals surface area (Å²) in [6, 6.07) is 0. The number of hydrogen-bond acceptors (Lipinski definition) is 6. The number of hydrogen-bond donors (Lipinski definition) is 2. The van der Waals surface area contributed by atoms with Gasteiger partial charge in [0.1, 0.15) is 5.56 Å². The SMILES string of the molecule is CCCNC(=O)c1nn(CC)cc1NC(=O)c1cnc2sccn2c1=O. The van der Waals surface area contributed by atoms with E-state index in [1.165, 1.54) is 21.9 Å². The van der Waals surface area contributed by atoms with Crippen molar-refractivity contribution in [2.75, 3.05) is 11.9 Å². The summed E-state index contributed by atoms with van der Waals surface area (Å²) < 4.78 is 2.85. The normalized spacial score (nSPS) is 10.8. The zero-order valence-corrected chi connectivity index (χ0v) is 15.2. The lowest BCUT2D eigenvalue weighted by atomic mass is 10.2. The van der Waals surface area contributed by atoms with E-state index in [1.54, 1.807) is 22.5 Å². The predicted molar refractivity (Wildman–Crippen MR) is 97.8 cm³/mol. The molecule has 26 heavy (non-hydrogen) atoms. The fourth-order valence-electron chi connectivity index (χ4n) is 2.33. The highest BCUT2D eigenvalue weighted by Gasteiger charge is 2.21. The maximum atomic E-state index is 12.6. The maximum absolute atomic E-state index is 12.6. The van der Waals surface area contributed by atoms with Crippen LogP contribution in [0.25, 0.3) is 4.96 Å². The van der Waals surface area contributed by atoms with Crippen LogP contribution in [0.5, 0.6) is 0 Å². The van der Waals surface area contributed by atoms with Gasteiger partial charge in [-0.3, -0.25) is 23.5 Å². The smallest absolute Gasteiger partial charge is 0.273 e. The molecule has 0 aliphatic heterocycles. The number of nitrogens with one attached hydrogen (secondary N) is 2. The summed E-state index contributed by atoms with van der Waals surface area (Å²) in [7, 11) is 0. The topological polar surface area (TPSA) is 110 Å². The average molecular weight is 374 g/mol. The number of anilines is 1. The number of amides is 2. The molecule has 0 unspecified atom stereocenters. The van der Waals surface area contributed by atoms with Crippen LogP contribution >= 0.6 is 11.3 Å². The highest BCUT2D eigenvalue weighted by atomic mass is 32.1. The molecule has 0 bridgehead atoms. The summed E-state index contributed by atoms with van der Waals surface area (Å²) in [5, 5.41) is 11.2. The summed E-state index contributed by atoms with van der Waals surface area (Å²) in [5.41, 5.74) is -0.211. The van der Waals surface area contributed by atoms with Crippen molar-refractivity contribution in [2.45, 2.75) is 26.8 Å². The Morgan fingerprint density at radius 2 is 2.08 bits per heavy atom. The first-order chi connectivity index (χ1) is 12.5. The zero-order valence-electron chi connectivity index (χ0n) is 14.4. The van der Waals surface area contributed by atoms with Crippen LogP contribution in [-0.2, 0) is 6.54 Å². The average Bonchev–Trinajstić information content (AvgIpc) is 3.27. The Morgan fingerprint density at radius 1 is 1.27 bits per heavy atom. The lowest BCUT2D eigenvalue weighted by Gasteiger charge is -2.05. The van der Waals surface area contributed by atoms with Crippen LogP contribution in [0.3, 0.4) is 0 Å². The van der Waals surface area contributed by atoms with E-state index >= 15 is 0 Å². The van der Waals surface area contributed by atoms with Crippen LogP contribution in [0, 0.1) is 0 Å². The number of rotatable bonds is 6. The number of nitrogens with zero attached hydrogens (tertiary/aromatic N) is 4. The van der Waals surface area contributed by atoms with Gasteiger partial charge in [0.15, 0.2) is 10.7 Å². The summed E-state index contributed by atoms with van der Waals surface area (Å²) >= 11 is 1.30. The van der Waals surface area contributed by atoms with Gasteiger partial charge in [-0.25, -0.2) is 4.98 Å². The molecule has 0 radical (unpaired) electrons. The van der Waals surface area contributed by atoms with E-state index in [0.717, 1.165) is 6.42 Å². The molecule has 0 fully saturated rings. The molecule has 3 aromatic rings. The molecule has 0 saturated heterocycles. The van der Waals surface area contributed by atoms with Gasteiger partial charge in [-0.1, -0.05) is 6.92 Å². The third-order valence-electron chi connectivity index (χ3n) is 3.67.